The third-order valence-corrected chi connectivity index (χ3v) is 0.940. The minimum atomic E-state index is -0.859. The number of hydrogen-bond acceptors (Lipinski definition) is 6. The van der Waals surface area contributed by atoms with Crippen LogP contribution in [-0.4, -0.2) is 24.4 Å². The van der Waals surface area contributed by atoms with Gasteiger partial charge in [0, 0.05) is 13.1 Å². The highest BCUT2D eigenvalue weighted by Gasteiger charge is 2.09. The van der Waals surface area contributed by atoms with Gasteiger partial charge >= 0.3 is 0 Å². The molecule has 0 aliphatic carbocycles. The molecule has 0 aliphatic rings. The van der Waals surface area contributed by atoms with E-state index in [1.54, 1.807) is 0 Å². The van der Waals surface area contributed by atoms with Crippen LogP contribution in [0.3, 0.4) is 0 Å². The summed E-state index contributed by atoms with van der Waals surface area (Å²) in [5.74, 6) is 0. The molecule has 7 nitrogen and oxygen atoms in total. The molecule has 0 radical (unpaired) electrons. The van der Waals surface area contributed by atoms with E-state index in [1.165, 1.54) is 7.05 Å². The van der Waals surface area contributed by atoms with E-state index >= 15 is 0 Å². The number of rotatable bonds is 7. The molecular formula is C7H19N3O4. The first-order valence-electron chi connectivity index (χ1n) is 4.46. The molecule has 7 heteroatoms. The molecule has 0 heterocycles. The van der Waals surface area contributed by atoms with Crippen molar-refractivity contribution in [3.05, 3.63) is 5.21 Å². The van der Waals surface area contributed by atoms with Gasteiger partial charge in [0.05, 0.1) is 6.10 Å². The van der Waals surface area contributed by atoms with Crippen molar-refractivity contribution in [2.75, 3.05) is 7.05 Å². The summed E-state index contributed by atoms with van der Waals surface area (Å²) in [7, 11) is 1.47. The van der Waals surface area contributed by atoms with Crippen LogP contribution in [0.1, 0.15) is 27.7 Å². The van der Waals surface area contributed by atoms with Gasteiger partial charge in [-0.2, -0.15) is 0 Å². The maximum Gasteiger partial charge on any atom is 0.0765 e. The summed E-state index contributed by atoms with van der Waals surface area (Å²) in [6.45, 7) is 7.30. The fraction of sp³-hybridized carbons (Fsp3) is 1.00. The molecule has 0 aromatic rings. The van der Waals surface area contributed by atoms with Gasteiger partial charge in [0.15, 0.2) is 0 Å². The van der Waals surface area contributed by atoms with Crippen molar-refractivity contribution in [2.24, 2.45) is 0 Å². The number of hydroxylamine groups is 3. The molecule has 0 spiro atoms. The van der Waals surface area contributed by atoms with Gasteiger partial charge in [0.1, 0.15) is 0 Å². The Labute approximate surface area is 83.9 Å². The molecule has 0 aromatic carbocycles. The molecule has 1 unspecified atom stereocenters. The van der Waals surface area contributed by atoms with E-state index in [0.717, 1.165) is 5.23 Å². The van der Waals surface area contributed by atoms with Gasteiger partial charge in [-0.05, 0) is 43.2 Å². The fourth-order valence-corrected chi connectivity index (χ4v) is 0.608. The average molecular weight is 209 g/mol. The van der Waals surface area contributed by atoms with E-state index in [4.69, 9.17) is 4.84 Å². The minimum Gasteiger partial charge on any atom is -0.563 e. The molecule has 0 amide bonds. The highest BCUT2D eigenvalue weighted by molar-refractivity contribution is 4.36. The first kappa shape index (κ1) is 13.7. The lowest BCUT2D eigenvalue weighted by Crippen LogP contribution is -3.07. The molecular weight excluding hydrogens is 190 g/mol. The summed E-state index contributed by atoms with van der Waals surface area (Å²) < 4.78 is 0. The number of hydrogen-bond donors (Lipinski definition) is 2. The van der Waals surface area contributed by atoms with Gasteiger partial charge in [0.25, 0.3) is 0 Å². The second kappa shape index (κ2) is 7.07. The summed E-state index contributed by atoms with van der Waals surface area (Å²) in [5.41, 5.74) is 2.45. The molecule has 0 aromatic heterocycles. The first-order valence-corrected chi connectivity index (χ1v) is 4.46. The van der Waals surface area contributed by atoms with Crippen molar-refractivity contribution in [2.45, 2.75) is 39.8 Å². The van der Waals surface area contributed by atoms with Crippen LogP contribution in [0.15, 0.2) is 0 Å². The second-order valence-electron chi connectivity index (χ2n) is 3.31. The second-order valence-corrected chi connectivity index (χ2v) is 3.31. The van der Waals surface area contributed by atoms with Gasteiger partial charge in [-0.1, -0.05) is 4.94 Å². The van der Waals surface area contributed by atoms with Gasteiger partial charge in [0.2, 0.25) is 0 Å². The predicted molar refractivity (Wildman–Crippen MR) is 48.8 cm³/mol. The Kier molecular flexibility index (Phi) is 6.93. The van der Waals surface area contributed by atoms with Crippen molar-refractivity contribution >= 4 is 0 Å². The monoisotopic (exact) mass is 209 g/mol. The quantitative estimate of drug-likeness (QED) is 0.542. The van der Waals surface area contributed by atoms with Crippen LogP contribution in [0.4, 0.5) is 0 Å². The summed E-state index contributed by atoms with van der Waals surface area (Å²) in [5, 5.41) is 11.0. The summed E-state index contributed by atoms with van der Waals surface area (Å²) in [6.07, 6.45) is -0.0640. The fourth-order valence-electron chi connectivity index (χ4n) is 0.608. The van der Waals surface area contributed by atoms with Crippen molar-refractivity contribution in [3.63, 3.8) is 0 Å². The van der Waals surface area contributed by atoms with Gasteiger partial charge in [-0.25, -0.2) is 0 Å². The minimum absolute atomic E-state index is 0.0406. The van der Waals surface area contributed by atoms with Crippen LogP contribution in [0.5, 0.6) is 0 Å². The summed E-state index contributed by atoms with van der Waals surface area (Å²) in [4.78, 5) is 14.1. The molecule has 14 heavy (non-hydrogen) atoms. The Hall–Kier alpha value is -0.280. The Morgan fingerprint density at radius 2 is 1.86 bits per heavy atom. The Balaban J connectivity index is 3.55. The van der Waals surface area contributed by atoms with Crippen LogP contribution in [-0.2, 0) is 14.7 Å². The van der Waals surface area contributed by atoms with Crippen molar-refractivity contribution in [3.8, 4) is 0 Å². The van der Waals surface area contributed by atoms with E-state index < -0.39 is 5.39 Å². The van der Waals surface area contributed by atoms with E-state index in [1.807, 2.05) is 27.7 Å². The van der Waals surface area contributed by atoms with Crippen molar-refractivity contribution < 1.29 is 20.1 Å². The molecule has 86 valence electrons. The zero-order chi connectivity index (χ0) is 11.1. The number of nitrogens with zero attached hydrogens (tertiary/aromatic N) is 1. The van der Waals surface area contributed by atoms with Gasteiger partial charge in [-0.15, -0.1) is 5.48 Å². The zero-order valence-corrected chi connectivity index (χ0v) is 9.23. The Morgan fingerprint density at radius 1 is 1.29 bits per heavy atom. The third kappa shape index (κ3) is 8.32. The molecule has 2 N–H and O–H groups in total. The van der Waals surface area contributed by atoms with E-state index in [9.17, 15) is 5.21 Å². The van der Waals surface area contributed by atoms with E-state index in [2.05, 4.69) is 15.4 Å². The van der Waals surface area contributed by atoms with Crippen molar-refractivity contribution in [1.82, 2.24) is 10.7 Å². The van der Waals surface area contributed by atoms with Gasteiger partial charge in [-0.3, -0.25) is 4.84 Å². The number of nitrogens with one attached hydrogen (secondary N) is 2. The maximum atomic E-state index is 10.9. The SMILES string of the molecule is CC(C)NO[NH+]([O-])ON(C)OC(C)C. The maximum absolute atomic E-state index is 10.9. The first-order chi connectivity index (χ1) is 6.41. The highest BCUT2D eigenvalue weighted by atomic mass is 17.2. The van der Waals surface area contributed by atoms with Crippen LogP contribution >= 0.6 is 0 Å². The summed E-state index contributed by atoms with van der Waals surface area (Å²) >= 11 is 0. The normalized spacial score (nSPS) is 14.4. The lowest BCUT2D eigenvalue weighted by Gasteiger charge is -2.22. The molecule has 0 aliphatic heterocycles. The topological polar surface area (TPSA) is 70.5 Å². The predicted octanol–water partition coefficient (Wildman–Crippen LogP) is -0.668. The van der Waals surface area contributed by atoms with E-state index in [0.29, 0.717) is 0 Å². The average Bonchev–Trinajstić information content (AvgIpc) is 1.98. The molecule has 0 bridgehead atoms. The zero-order valence-electron chi connectivity index (χ0n) is 9.23. The van der Waals surface area contributed by atoms with Crippen LogP contribution in [0.2, 0.25) is 0 Å². The molecule has 0 saturated heterocycles. The summed E-state index contributed by atoms with van der Waals surface area (Å²) in [6, 6.07) is 0.0406. The van der Waals surface area contributed by atoms with Gasteiger partial charge < -0.3 is 5.21 Å². The lowest BCUT2D eigenvalue weighted by molar-refractivity contribution is -1.24. The van der Waals surface area contributed by atoms with Crippen LogP contribution < -0.4 is 10.9 Å². The lowest BCUT2D eigenvalue weighted by atomic mass is 10.4. The third-order valence-electron chi connectivity index (χ3n) is 0.940. The molecule has 0 saturated carbocycles. The molecule has 1 atom stereocenters. The van der Waals surface area contributed by atoms with Crippen LogP contribution in [0, 0.1) is 5.21 Å². The molecule has 0 fully saturated rings. The Bertz CT molecular complexity index is 145. The van der Waals surface area contributed by atoms with Crippen molar-refractivity contribution in [1.29, 1.82) is 0 Å². The van der Waals surface area contributed by atoms with E-state index in [-0.39, 0.29) is 12.1 Å². The standard InChI is InChI=1S/C7H19N3O4/c1-6(2)8-13-10(11)14-9(5)12-7(3)4/h6-8,10H,1-5H3. The molecule has 0 rings (SSSR count). The number of quaternary nitrogens is 1. The smallest absolute Gasteiger partial charge is 0.0765 e. The Morgan fingerprint density at radius 3 is 2.29 bits per heavy atom. The highest BCUT2D eigenvalue weighted by Crippen LogP contribution is 1.90. The van der Waals surface area contributed by atoms with Crippen LogP contribution in [0.25, 0.3) is 0 Å². The largest absolute Gasteiger partial charge is 0.563 e.